The number of rotatable bonds is 6. The quantitative estimate of drug-likeness (QED) is 0.799. The molecule has 1 aromatic heterocycles. The van der Waals surface area contributed by atoms with Crippen molar-refractivity contribution in [3.63, 3.8) is 0 Å². The Hall–Kier alpha value is -0.970. The number of nitrogens with one attached hydrogen (secondary N) is 1. The normalized spacial score (nSPS) is 11.4. The van der Waals surface area contributed by atoms with Crippen LogP contribution in [0.3, 0.4) is 0 Å². The Balaban J connectivity index is 2.62. The van der Waals surface area contributed by atoms with Crippen LogP contribution in [-0.2, 0) is 0 Å². The molecule has 0 saturated heterocycles. The van der Waals surface area contributed by atoms with Gasteiger partial charge >= 0.3 is 0 Å². The molecule has 0 atom stereocenters. The largest absolute Gasteiger partial charge is 0.369 e. The summed E-state index contributed by atoms with van der Waals surface area (Å²) in [6.45, 7) is 5.34. The van der Waals surface area contributed by atoms with Gasteiger partial charge in [0, 0.05) is 17.5 Å². The van der Waals surface area contributed by atoms with E-state index < -0.39 is 0 Å². The molecule has 1 aromatic rings. The summed E-state index contributed by atoms with van der Waals surface area (Å²) in [6, 6.07) is 1.84. The molecular weight excluding hydrogens is 220 g/mol. The average molecular weight is 240 g/mol. The summed E-state index contributed by atoms with van der Waals surface area (Å²) < 4.78 is 0.277. The monoisotopic (exact) mass is 240 g/mol. The van der Waals surface area contributed by atoms with Crippen LogP contribution < -0.4 is 11.1 Å². The molecule has 1 heterocycles. The molecule has 0 aliphatic heterocycles. The Kier molecular flexibility index (Phi) is 4.86. The first-order valence-electron chi connectivity index (χ1n) is 5.53. The summed E-state index contributed by atoms with van der Waals surface area (Å²) in [5.41, 5.74) is 5.53. The van der Waals surface area contributed by atoms with E-state index in [9.17, 15) is 0 Å². The molecule has 5 heteroatoms. The van der Waals surface area contributed by atoms with E-state index in [1.165, 1.54) is 0 Å². The van der Waals surface area contributed by atoms with Gasteiger partial charge in [-0.2, -0.15) is 16.7 Å². The molecule has 0 unspecified atom stereocenters. The van der Waals surface area contributed by atoms with Crippen LogP contribution in [0.5, 0.6) is 0 Å². The van der Waals surface area contributed by atoms with Crippen LogP contribution in [0.2, 0.25) is 0 Å². The van der Waals surface area contributed by atoms with Crippen molar-refractivity contribution in [3.8, 4) is 0 Å². The second-order valence-corrected chi connectivity index (χ2v) is 5.02. The van der Waals surface area contributed by atoms with Gasteiger partial charge in [-0.1, -0.05) is 13.8 Å². The SMILES string of the molecule is CCC(CC)(CNc1ccnc(N)n1)SC. The Morgan fingerprint density at radius 3 is 2.62 bits per heavy atom. The van der Waals surface area contributed by atoms with E-state index in [0.717, 1.165) is 25.2 Å². The zero-order valence-electron chi connectivity index (χ0n) is 10.2. The summed E-state index contributed by atoms with van der Waals surface area (Å²) in [5.74, 6) is 1.11. The number of aromatic nitrogens is 2. The Labute approximate surface area is 101 Å². The van der Waals surface area contributed by atoms with Gasteiger partial charge in [0.05, 0.1) is 0 Å². The molecule has 0 spiro atoms. The number of nitrogen functional groups attached to an aromatic ring is 1. The lowest BCUT2D eigenvalue weighted by Crippen LogP contribution is -2.32. The Morgan fingerprint density at radius 1 is 1.44 bits per heavy atom. The van der Waals surface area contributed by atoms with Crippen molar-refractivity contribution in [1.82, 2.24) is 9.97 Å². The average Bonchev–Trinajstić information content (AvgIpc) is 2.32. The molecule has 3 N–H and O–H groups in total. The molecule has 0 bridgehead atoms. The first kappa shape index (κ1) is 13.1. The summed E-state index contributed by atoms with van der Waals surface area (Å²) in [6.07, 6.45) is 6.10. The molecule has 0 saturated carbocycles. The number of thioether (sulfide) groups is 1. The van der Waals surface area contributed by atoms with Gasteiger partial charge in [-0.05, 0) is 25.2 Å². The third-order valence-corrected chi connectivity index (χ3v) is 4.58. The topological polar surface area (TPSA) is 63.8 Å². The van der Waals surface area contributed by atoms with Crippen LogP contribution in [0.15, 0.2) is 12.3 Å². The molecular formula is C11H20N4S. The van der Waals surface area contributed by atoms with Crippen LogP contribution in [-0.4, -0.2) is 27.5 Å². The fourth-order valence-corrected chi connectivity index (χ4v) is 2.38. The van der Waals surface area contributed by atoms with Crippen molar-refractivity contribution < 1.29 is 0 Å². The lowest BCUT2D eigenvalue weighted by molar-refractivity contribution is 0.574. The highest BCUT2D eigenvalue weighted by atomic mass is 32.2. The minimum atomic E-state index is 0.277. The van der Waals surface area contributed by atoms with Gasteiger partial charge in [-0.25, -0.2) is 4.98 Å². The molecule has 1 rings (SSSR count). The third-order valence-electron chi connectivity index (χ3n) is 2.99. The second-order valence-electron chi connectivity index (χ2n) is 3.75. The van der Waals surface area contributed by atoms with Crippen molar-refractivity contribution in [1.29, 1.82) is 0 Å². The van der Waals surface area contributed by atoms with Gasteiger partial charge < -0.3 is 11.1 Å². The van der Waals surface area contributed by atoms with Gasteiger partial charge in [-0.3, -0.25) is 0 Å². The summed E-state index contributed by atoms with van der Waals surface area (Å²) in [7, 11) is 0. The lowest BCUT2D eigenvalue weighted by Gasteiger charge is -2.30. The second kappa shape index (κ2) is 5.94. The first-order chi connectivity index (χ1) is 7.65. The van der Waals surface area contributed by atoms with E-state index in [0.29, 0.717) is 5.95 Å². The van der Waals surface area contributed by atoms with Crippen LogP contribution in [0.4, 0.5) is 11.8 Å². The van der Waals surface area contributed by atoms with Crippen molar-refractivity contribution in [2.45, 2.75) is 31.4 Å². The summed E-state index contributed by atoms with van der Waals surface area (Å²) in [5, 5.41) is 3.33. The lowest BCUT2D eigenvalue weighted by atomic mass is 10.0. The van der Waals surface area contributed by atoms with E-state index in [4.69, 9.17) is 5.73 Å². The van der Waals surface area contributed by atoms with Gasteiger partial charge in [-0.15, -0.1) is 0 Å². The van der Waals surface area contributed by atoms with Gasteiger partial charge in [0.1, 0.15) is 5.82 Å². The molecule has 0 amide bonds. The predicted octanol–water partition coefficient (Wildman–Crippen LogP) is 2.39. The summed E-state index contributed by atoms with van der Waals surface area (Å²) in [4.78, 5) is 7.99. The maximum atomic E-state index is 5.53. The number of nitrogens with zero attached hydrogens (tertiary/aromatic N) is 2. The third kappa shape index (κ3) is 3.27. The van der Waals surface area contributed by atoms with Crippen LogP contribution in [0.1, 0.15) is 26.7 Å². The molecule has 0 radical (unpaired) electrons. The highest BCUT2D eigenvalue weighted by molar-refractivity contribution is 8.00. The number of hydrogen-bond donors (Lipinski definition) is 2. The van der Waals surface area contributed by atoms with E-state index >= 15 is 0 Å². The highest BCUT2D eigenvalue weighted by Crippen LogP contribution is 2.30. The van der Waals surface area contributed by atoms with Gasteiger partial charge in [0.2, 0.25) is 5.95 Å². The number of anilines is 2. The van der Waals surface area contributed by atoms with E-state index in [1.807, 2.05) is 17.8 Å². The maximum absolute atomic E-state index is 5.53. The fourth-order valence-electron chi connectivity index (χ4n) is 1.58. The van der Waals surface area contributed by atoms with Crippen LogP contribution >= 0.6 is 11.8 Å². The molecule has 0 aliphatic carbocycles. The molecule has 4 nitrogen and oxygen atoms in total. The van der Waals surface area contributed by atoms with Crippen LogP contribution in [0.25, 0.3) is 0 Å². The molecule has 16 heavy (non-hydrogen) atoms. The number of hydrogen-bond acceptors (Lipinski definition) is 5. The highest BCUT2D eigenvalue weighted by Gasteiger charge is 2.24. The van der Waals surface area contributed by atoms with Gasteiger partial charge in [0.25, 0.3) is 0 Å². The maximum Gasteiger partial charge on any atom is 0.221 e. The van der Waals surface area contributed by atoms with Crippen molar-refractivity contribution >= 4 is 23.5 Å². The molecule has 0 aliphatic rings. The zero-order valence-corrected chi connectivity index (χ0v) is 11.0. The van der Waals surface area contributed by atoms with Crippen molar-refractivity contribution in [3.05, 3.63) is 12.3 Å². The molecule has 0 fully saturated rings. The smallest absolute Gasteiger partial charge is 0.221 e. The van der Waals surface area contributed by atoms with Crippen molar-refractivity contribution in [2.24, 2.45) is 0 Å². The van der Waals surface area contributed by atoms with E-state index in [2.05, 4.69) is 35.4 Å². The zero-order chi connectivity index (χ0) is 12.0. The molecule has 90 valence electrons. The predicted molar refractivity (Wildman–Crippen MR) is 71.8 cm³/mol. The molecule has 0 aromatic carbocycles. The Morgan fingerprint density at radius 2 is 2.12 bits per heavy atom. The van der Waals surface area contributed by atoms with Crippen molar-refractivity contribution in [2.75, 3.05) is 23.9 Å². The summed E-state index contributed by atoms with van der Waals surface area (Å²) >= 11 is 1.90. The first-order valence-corrected chi connectivity index (χ1v) is 6.76. The number of nitrogens with two attached hydrogens (primary N) is 1. The van der Waals surface area contributed by atoms with Gasteiger partial charge in [0.15, 0.2) is 0 Å². The van der Waals surface area contributed by atoms with Crippen LogP contribution in [0, 0.1) is 0 Å². The van der Waals surface area contributed by atoms with E-state index in [1.54, 1.807) is 6.20 Å². The minimum Gasteiger partial charge on any atom is -0.369 e. The Bertz CT molecular complexity index is 317. The van der Waals surface area contributed by atoms with E-state index in [-0.39, 0.29) is 4.75 Å². The minimum absolute atomic E-state index is 0.277. The fraction of sp³-hybridized carbons (Fsp3) is 0.636. The standard InChI is InChI=1S/C11H20N4S/c1-4-11(5-2,16-3)8-14-9-6-7-13-10(12)15-9/h6-7H,4-5,8H2,1-3H3,(H3,12,13,14,15).